The van der Waals surface area contributed by atoms with E-state index in [0.717, 1.165) is 6.08 Å². The molecule has 0 spiro atoms. The summed E-state index contributed by atoms with van der Waals surface area (Å²) in [6.45, 7) is 1.38. The molecule has 0 radical (unpaired) electrons. The topological polar surface area (TPSA) is 178 Å². The smallest absolute Gasteiger partial charge is 0.327 e. The second-order valence-corrected chi connectivity index (χ2v) is 4.02. The molecular weight excluding hydrogens is 288 g/mol. The Labute approximate surface area is 119 Å². The fourth-order valence-corrected chi connectivity index (χ4v) is 1.67. The second-order valence-electron chi connectivity index (χ2n) is 4.02. The molecule has 0 saturated carbocycles. The van der Waals surface area contributed by atoms with E-state index in [2.05, 4.69) is 0 Å². The molecule has 118 valence electrons. The van der Waals surface area contributed by atoms with Gasteiger partial charge < -0.3 is 31.1 Å². The summed E-state index contributed by atoms with van der Waals surface area (Å²) in [5.74, 6) is -6.57. The van der Waals surface area contributed by atoms with Gasteiger partial charge in [0.05, 0.1) is 18.7 Å². The number of carboxylic acid groups (broad SMARTS) is 4. The van der Waals surface area contributed by atoms with Crippen molar-refractivity contribution in [2.75, 3.05) is 0 Å². The lowest BCUT2D eigenvalue weighted by Crippen LogP contribution is -2.53. The Kier molecular flexibility index (Phi) is 6.70. The van der Waals surface area contributed by atoms with Crippen LogP contribution in [0, 0.1) is 0 Å². The van der Waals surface area contributed by atoms with Gasteiger partial charge in [0, 0.05) is 0 Å². The van der Waals surface area contributed by atoms with Crippen LogP contribution in [0.3, 0.4) is 0 Å². The highest BCUT2D eigenvalue weighted by Gasteiger charge is 2.38. The minimum atomic E-state index is -1.81. The van der Waals surface area contributed by atoms with Gasteiger partial charge in [0.1, 0.15) is 12.1 Å². The van der Waals surface area contributed by atoms with Gasteiger partial charge in [0.25, 0.3) is 0 Å². The van der Waals surface area contributed by atoms with Crippen molar-refractivity contribution in [3.8, 4) is 0 Å². The SMILES string of the molecule is CC=C(N)N(C(CC(=O)O)C(=O)O)C(CC(=O)O)C(=O)O. The van der Waals surface area contributed by atoms with E-state index in [1.54, 1.807) is 0 Å². The quantitative estimate of drug-likeness (QED) is 0.353. The highest BCUT2D eigenvalue weighted by molar-refractivity contribution is 5.84. The zero-order chi connectivity index (χ0) is 16.7. The minimum Gasteiger partial charge on any atom is -0.481 e. The summed E-state index contributed by atoms with van der Waals surface area (Å²) in [5, 5.41) is 35.6. The molecule has 21 heavy (non-hydrogen) atoms. The van der Waals surface area contributed by atoms with Crippen LogP contribution in [0.4, 0.5) is 0 Å². The van der Waals surface area contributed by atoms with E-state index in [1.165, 1.54) is 6.92 Å². The lowest BCUT2D eigenvalue weighted by molar-refractivity contribution is -0.156. The first-order valence-electron chi connectivity index (χ1n) is 5.71. The standard InChI is InChI=1S/C11H16N2O8/c1-2-7(12)13(5(10(18)19)3-8(14)15)6(11(20)21)4-9(16)17/h2,5-6H,3-4,12H2,1H3,(H,14,15)(H,16,17)(H,18,19)(H,20,21). The third-order valence-electron chi connectivity index (χ3n) is 2.57. The van der Waals surface area contributed by atoms with Gasteiger partial charge in [-0.25, -0.2) is 9.59 Å². The molecule has 2 atom stereocenters. The van der Waals surface area contributed by atoms with Crippen LogP contribution in [-0.4, -0.2) is 61.3 Å². The molecule has 10 nitrogen and oxygen atoms in total. The Bertz CT molecular complexity index is 439. The molecule has 6 N–H and O–H groups in total. The zero-order valence-corrected chi connectivity index (χ0v) is 11.1. The summed E-state index contributed by atoms with van der Waals surface area (Å²) in [5.41, 5.74) is 5.52. The van der Waals surface area contributed by atoms with Crippen LogP contribution in [0.1, 0.15) is 19.8 Å². The Balaban J connectivity index is 5.80. The van der Waals surface area contributed by atoms with Gasteiger partial charge in [-0.1, -0.05) is 0 Å². The average Bonchev–Trinajstić information content (AvgIpc) is 2.34. The maximum absolute atomic E-state index is 11.2. The first-order valence-corrected chi connectivity index (χ1v) is 5.71. The number of rotatable bonds is 9. The Morgan fingerprint density at radius 3 is 1.48 bits per heavy atom. The van der Waals surface area contributed by atoms with E-state index in [0.29, 0.717) is 4.90 Å². The van der Waals surface area contributed by atoms with E-state index in [-0.39, 0.29) is 5.82 Å². The monoisotopic (exact) mass is 304 g/mol. The van der Waals surface area contributed by atoms with Crippen molar-refractivity contribution in [3.05, 3.63) is 11.9 Å². The van der Waals surface area contributed by atoms with E-state index in [9.17, 15) is 19.2 Å². The van der Waals surface area contributed by atoms with Gasteiger partial charge in [0.2, 0.25) is 0 Å². The predicted molar refractivity (Wildman–Crippen MR) is 67.1 cm³/mol. The third-order valence-corrected chi connectivity index (χ3v) is 2.57. The Morgan fingerprint density at radius 1 is 0.952 bits per heavy atom. The van der Waals surface area contributed by atoms with Crippen molar-refractivity contribution < 1.29 is 39.6 Å². The summed E-state index contributed by atoms with van der Waals surface area (Å²) in [6, 6.07) is -3.61. The van der Waals surface area contributed by atoms with Crippen molar-refractivity contribution in [3.63, 3.8) is 0 Å². The Morgan fingerprint density at radius 2 is 1.29 bits per heavy atom. The number of carboxylic acids is 4. The van der Waals surface area contributed by atoms with Crippen molar-refractivity contribution in [2.24, 2.45) is 5.73 Å². The fourth-order valence-electron chi connectivity index (χ4n) is 1.67. The highest BCUT2D eigenvalue weighted by atomic mass is 16.4. The molecule has 0 fully saturated rings. The molecule has 0 amide bonds. The van der Waals surface area contributed by atoms with Gasteiger partial charge in [0.15, 0.2) is 0 Å². The number of hydrogen-bond acceptors (Lipinski definition) is 6. The molecule has 10 heteroatoms. The number of nitrogens with zero attached hydrogens (tertiary/aromatic N) is 1. The van der Waals surface area contributed by atoms with E-state index in [4.69, 9.17) is 26.2 Å². The molecule has 0 aliphatic carbocycles. The van der Waals surface area contributed by atoms with Crippen molar-refractivity contribution in [2.45, 2.75) is 31.8 Å². The van der Waals surface area contributed by atoms with E-state index < -0.39 is 48.8 Å². The maximum Gasteiger partial charge on any atom is 0.327 e. The van der Waals surface area contributed by atoms with Crippen LogP contribution >= 0.6 is 0 Å². The summed E-state index contributed by atoms with van der Waals surface area (Å²) >= 11 is 0. The summed E-state index contributed by atoms with van der Waals surface area (Å²) in [6.07, 6.45) is -0.712. The van der Waals surface area contributed by atoms with Gasteiger partial charge in [-0.15, -0.1) is 0 Å². The van der Waals surface area contributed by atoms with Crippen molar-refractivity contribution in [1.82, 2.24) is 4.90 Å². The lowest BCUT2D eigenvalue weighted by Gasteiger charge is -2.34. The molecule has 0 aliphatic heterocycles. The fraction of sp³-hybridized carbons (Fsp3) is 0.455. The molecule has 0 aromatic heterocycles. The van der Waals surface area contributed by atoms with E-state index >= 15 is 0 Å². The summed E-state index contributed by atoms with van der Waals surface area (Å²) in [7, 11) is 0. The van der Waals surface area contributed by atoms with E-state index in [1.807, 2.05) is 0 Å². The molecule has 0 bridgehead atoms. The molecule has 0 saturated heterocycles. The first-order chi connectivity index (χ1) is 9.61. The number of nitrogens with two attached hydrogens (primary N) is 1. The predicted octanol–water partition coefficient (Wildman–Crippen LogP) is -1.04. The number of hydrogen-bond donors (Lipinski definition) is 5. The van der Waals surface area contributed by atoms with Crippen LogP contribution in [0.5, 0.6) is 0 Å². The average molecular weight is 304 g/mol. The van der Waals surface area contributed by atoms with Crippen LogP contribution in [-0.2, 0) is 19.2 Å². The van der Waals surface area contributed by atoms with Gasteiger partial charge in [-0.05, 0) is 13.0 Å². The van der Waals surface area contributed by atoms with Gasteiger partial charge in [-0.3, -0.25) is 9.59 Å². The maximum atomic E-state index is 11.2. The highest BCUT2D eigenvalue weighted by Crippen LogP contribution is 2.18. The zero-order valence-electron chi connectivity index (χ0n) is 11.1. The van der Waals surface area contributed by atoms with Gasteiger partial charge in [-0.2, -0.15) is 0 Å². The summed E-state index contributed by atoms with van der Waals surface area (Å²) in [4.78, 5) is 44.4. The van der Waals surface area contributed by atoms with Crippen LogP contribution in [0.15, 0.2) is 11.9 Å². The second kappa shape index (κ2) is 7.72. The van der Waals surface area contributed by atoms with Crippen LogP contribution in [0.25, 0.3) is 0 Å². The first kappa shape index (κ1) is 18.2. The number of allylic oxidation sites excluding steroid dienone is 1. The molecule has 0 rings (SSSR count). The van der Waals surface area contributed by atoms with Crippen molar-refractivity contribution in [1.29, 1.82) is 0 Å². The molecule has 0 heterocycles. The number of aliphatic carboxylic acids is 4. The molecular formula is C11H16N2O8. The lowest BCUT2D eigenvalue weighted by atomic mass is 10.1. The minimum absolute atomic E-state index is 0.336. The largest absolute Gasteiger partial charge is 0.481 e. The normalized spacial score (nSPS) is 14.0. The molecule has 2 unspecified atom stereocenters. The summed E-state index contributed by atoms with van der Waals surface area (Å²) < 4.78 is 0. The van der Waals surface area contributed by atoms with Gasteiger partial charge >= 0.3 is 23.9 Å². The number of carbonyl (C=O) groups is 4. The van der Waals surface area contributed by atoms with Crippen LogP contribution < -0.4 is 5.73 Å². The molecule has 0 aromatic rings. The Hall–Kier alpha value is -2.78. The van der Waals surface area contributed by atoms with Crippen molar-refractivity contribution >= 4 is 23.9 Å². The van der Waals surface area contributed by atoms with Crippen LogP contribution in [0.2, 0.25) is 0 Å². The molecule has 0 aliphatic rings. The molecule has 0 aromatic carbocycles. The third kappa shape index (κ3) is 5.38.